The lowest BCUT2D eigenvalue weighted by molar-refractivity contribution is 0.329. The van der Waals surface area contributed by atoms with E-state index < -0.39 is 0 Å². The highest BCUT2D eigenvalue weighted by Crippen LogP contribution is 2.38. The van der Waals surface area contributed by atoms with Gasteiger partial charge < -0.3 is 15.0 Å². The van der Waals surface area contributed by atoms with Crippen LogP contribution in [0.15, 0.2) is 79.0 Å². The molecule has 1 aromatic heterocycles. The molecule has 4 nitrogen and oxygen atoms in total. The molecular weight excluding hydrogens is 454 g/mol. The number of rotatable bonds is 5. The maximum Gasteiger partial charge on any atom is 0.121 e. The molecule has 0 unspecified atom stereocenters. The third-order valence-electron chi connectivity index (χ3n) is 7.89. The van der Waals surface area contributed by atoms with Crippen LogP contribution in [-0.2, 0) is 13.0 Å². The summed E-state index contributed by atoms with van der Waals surface area (Å²) in [5, 5.41) is 6.31. The highest BCUT2D eigenvalue weighted by molar-refractivity contribution is 6.00. The Bertz CT molecular complexity index is 1430. The number of hydrogen-bond acceptors (Lipinski definition) is 4. The van der Waals surface area contributed by atoms with Crippen LogP contribution in [0.3, 0.4) is 0 Å². The van der Waals surface area contributed by atoms with E-state index in [-0.39, 0.29) is 0 Å². The first-order chi connectivity index (χ1) is 18.3. The number of anilines is 1. The zero-order valence-corrected chi connectivity index (χ0v) is 21.4. The van der Waals surface area contributed by atoms with E-state index in [4.69, 9.17) is 9.72 Å². The second-order valence-corrected chi connectivity index (χ2v) is 10.1. The summed E-state index contributed by atoms with van der Waals surface area (Å²) >= 11 is 0. The fourth-order valence-corrected chi connectivity index (χ4v) is 5.87. The molecule has 1 N–H and O–H groups in total. The Morgan fingerprint density at radius 1 is 0.919 bits per heavy atom. The van der Waals surface area contributed by atoms with Gasteiger partial charge in [-0.15, -0.1) is 0 Å². The number of pyridine rings is 1. The fourth-order valence-electron chi connectivity index (χ4n) is 5.87. The van der Waals surface area contributed by atoms with Gasteiger partial charge in [-0.05, 0) is 79.5 Å². The van der Waals surface area contributed by atoms with Gasteiger partial charge in [-0.3, -0.25) is 0 Å². The molecule has 6 rings (SSSR count). The Morgan fingerprint density at radius 2 is 1.73 bits per heavy atom. The third kappa shape index (κ3) is 5.05. The molecular formula is C33H33N3O. The van der Waals surface area contributed by atoms with Crippen molar-refractivity contribution in [3.8, 4) is 17.6 Å². The van der Waals surface area contributed by atoms with Gasteiger partial charge in [0.15, 0.2) is 0 Å². The summed E-state index contributed by atoms with van der Waals surface area (Å²) in [5.74, 6) is 7.55. The van der Waals surface area contributed by atoms with Gasteiger partial charge in [0.05, 0.1) is 7.11 Å². The Morgan fingerprint density at radius 3 is 2.51 bits per heavy atom. The number of hydrogen-bond donors (Lipinski definition) is 1. The van der Waals surface area contributed by atoms with Crippen LogP contribution in [0, 0.1) is 11.8 Å². The van der Waals surface area contributed by atoms with Gasteiger partial charge in [0.25, 0.3) is 0 Å². The van der Waals surface area contributed by atoms with Crippen LogP contribution < -0.4 is 15.0 Å². The summed E-state index contributed by atoms with van der Waals surface area (Å²) in [5.41, 5.74) is 5.91. The van der Waals surface area contributed by atoms with Gasteiger partial charge >= 0.3 is 0 Å². The Labute approximate surface area is 219 Å². The van der Waals surface area contributed by atoms with Gasteiger partial charge in [0.2, 0.25) is 0 Å². The Balaban J connectivity index is 1.16. The molecule has 4 aromatic rings. The molecule has 0 spiro atoms. The standard InChI is InChI=1S/C33H33N3O/c1-37-29-17-10-25(11-18-29)22-34-27-13-15-28(16-14-27)36-21-20-26-23-35-31(19-12-24-6-3-2-4-7-24)30-8-5-9-32(36)33(26)30/h2-11,17-18,23,27-28,34H,13-16,20-22H2,1H3. The van der Waals surface area contributed by atoms with Crippen LogP contribution in [0.2, 0.25) is 0 Å². The SMILES string of the molecule is COc1ccc(CNC2CCC(N3CCc4cnc(C#Cc5ccccc5)c5cccc3c45)CC2)cc1. The zero-order chi connectivity index (χ0) is 25.0. The molecule has 0 radical (unpaired) electrons. The van der Waals surface area contributed by atoms with Crippen LogP contribution in [0.5, 0.6) is 5.75 Å². The minimum absolute atomic E-state index is 0.579. The van der Waals surface area contributed by atoms with E-state index in [0.717, 1.165) is 36.5 Å². The van der Waals surface area contributed by atoms with Crippen LogP contribution in [0.4, 0.5) is 5.69 Å². The van der Waals surface area contributed by atoms with E-state index in [1.165, 1.54) is 53.3 Å². The van der Waals surface area contributed by atoms with E-state index in [1.807, 2.05) is 42.5 Å². The van der Waals surface area contributed by atoms with Crippen LogP contribution in [0.1, 0.15) is 48.1 Å². The van der Waals surface area contributed by atoms with Gasteiger partial charge in [-0.1, -0.05) is 48.4 Å². The molecule has 1 aliphatic heterocycles. The van der Waals surface area contributed by atoms with E-state index in [0.29, 0.717) is 12.1 Å². The van der Waals surface area contributed by atoms with Crippen molar-refractivity contribution in [1.29, 1.82) is 0 Å². The highest BCUT2D eigenvalue weighted by Gasteiger charge is 2.29. The summed E-state index contributed by atoms with van der Waals surface area (Å²) in [6, 6.07) is 26.4. The van der Waals surface area contributed by atoms with Crippen molar-refractivity contribution in [3.63, 3.8) is 0 Å². The molecule has 0 atom stereocenters. The molecule has 1 saturated carbocycles. The monoisotopic (exact) mass is 487 g/mol. The van der Waals surface area contributed by atoms with Crippen molar-refractivity contribution >= 4 is 16.5 Å². The van der Waals surface area contributed by atoms with Crippen molar-refractivity contribution in [3.05, 3.63) is 101 Å². The lowest BCUT2D eigenvalue weighted by Gasteiger charge is -2.41. The molecule has 2 aliphatic rings. The normalized spacial score (nSPS) is 18.8. The Kier molecular flexibility index (Phi) is 6.80. The van der Waals surface area contributed by atoms with Gasteiger partial charge in [0, 0.05) is 53.4 Å². The Hall–Kier alpha value is -3.81. The largest absolute Gasteiger partial charge is 0.497 e. The second kappa shape index (κ2) is 10.7. The topological polar surface area (TPSA) is 37.4 Å². The van der Waals surface area contributed by atoms with Crippen molar-refractivity contribution in [2.24, 2.45) is 0 Å². The molecule has 0 amide bonds. The molecule has 4 heteroatoms. The average molecular weight is 488 g/mol. The second-order valence-electron chi connectivity index (χ2n) is 10.1. The molecule has 1 aliphatic carbocycles. The molecule has 0 bridgehead atoms. The van der Waals surface area contributed by atoms with Crippen molar-refractivity contribution in [1.82, 2.24) is 10.3 Å². The minimum Gasteiger partial charge on any atom is -0.497 e. The summed E-state index contributed by atoms with van der Waals surface area (Å²) in [4.78, 5) is 7.43. The van der Waals surface area contributed by atoms with E-state index in [2.05, 4.69) is 58.6 Å². The smallest absolute Gasteiger partial charge is 0.121 e. The fraction of sp³-hybridized carbons (Fsp3) is 0.303. The lowest BCUT2D eigenvalue weighted by atomic mass is 9.87. The number of ether oxygens (including phenoxy) is 1. The molecule has 1 fully saturated rings. The summed E-state index contributed by atoms with van der Waals surface area (Å²) in [6.07, 6.45) is 7.96. The highest BCUT2D eigenvalue weighted by atomic mass is 16.5. The first kappa shape index (κ1) is 23.6. The maximum absolute atomic E-state index is 5.28. The van der Waals surface area contributed by atoms with E-state index in [1.54, 1.807) is 7.11 Å². The number of benzene rings is 3. The lowest BCUT2D eigenvalue weighted by Crippen LogP contribution is -2.44. The predicted molar refractivity (Wildman–Crippen MR) is 151 cm³/mol. The molecule has 3 aromatic carbocycles. The number of methoxy groups -OCH3 is 1. The van der Waals surface area contributed by atoms with Crippen LogP contribution in [0.25, 0.3) is 10.8 Å². The predicted octanol–water partition coefficient (Wildman–Crippen LogP) is 6.11. The van der Waals surface area contributed by atoms with Gasteiger partial charge in [-0.2, -0.15) is 0 Å². The maximum atomic E-state index is 5.28. The first-order valence-electron chi connectivity index (χ1n) is 13.4. The molecule has 2 heterocycles. The van der Waals surface area contributed by atoms with Gasteiger partial charge in [-0.25, -0.2) is 4.98 Å². The summed E-state index contributed by atoms with van der Waals surface area (Å²) < 4.78 is 5.28. The van der Waals surface area contributed by atoms with Crippen molar-refractivity contribution in [2.45, 2.75) is 50.7 Å². The first-order valence-corrected chi connectivity index (χ1v) is 13.4. The van der Waals surface area contributed by atoms with E-state index in [9.17, 15) is 0 Å². The summed E-state index contributed by atoms with van der Waals surface area (Å²) in [7, 11) is 1.71. The molecule has 0 saturated heterocycles. The minimum atomic E-state index is 0.579. The zero-order valence-electron chi connectivity index (χ0n) is 21.4. The number of nitrogens with one attached hydrogen (secondary N) is 1. The van der Waals surface area contributed by atoms with Crippen molar-refractivity contribution < 1.29 is 4.74 Å². The van der Waals surface area contributed by atoms with E-state index >= 15 is 0 Å². The average Bonchev–Trinajstić information content (AvgIpc) is 2.97. The number of aromatic nitrogens is 1. The summed E-state index contributed by atoms with van der Waals surface area (Å²) in [6.45, 7) is 1.98. The van der Waals surface area contributed by atoms with Crippen LogP contribution in [-0.4, -0.2) is 30.7 Å². The van der Waals surface area contributed by atoms with Crippen LogP contribution >= 0.6 is 0 Å². The number of nitrogens with zero attached hydrogens (tertiary/aromatic N) is 2. The molecule has 37 heavy (non-hydrogen) atoms. The third-order valence-corrected chi connectivity index (χ3v) is 7.89. The molecule has 186 valence electrons. The van der Waals surface area contributed by atoms with Gasteiger partial charge in [0.1, 0.15) is 11.4 Å². The van der Waals surface area contributed by atoms with Crippen molar-refractivity contribution in [2.75, 3.05) is 18.6 Å². The quantitative estimate of drug-likeness (QED) is 0.345.